The lowest BCUT2D eigenvalue weighted by Gasteiger charge is -2.21. The third kappa shape index (κ3) is 4.04. The Bertz CT molecular complexity index is 743. The summed E-state index contributed by atoms with van der Waals surface area (Å²) < 4.78 is 32.7. The highest BCUT2D eigenvalue weighted by Crippen LogP contribution is 2.26. The lowest BCUT2D eigenvalue weighted by molar-refractivity contribution is 0.386. The Morgan fingerprint density at radius 2 is 2.16 bits per heavy atom. The number of rotatable bonds is 4. The number of hydrogen-bond donors (Lipinski definition) is 2. The van der Waals surface area contributed by atoms with Crippen LogP contribution >= 0.6 is 0 Å². The van der Waals surface area contributed by atoms with E-state index in [1.807, 2.05) is 0 Å². The fourth-order valence-electron chi connectivity index (χ4n) is 2.84. The van der Waals surface area contributed by atoms with Crippen LogP contribution in [0.15, 0.2) is 27.7 Å². The molecule has 1 unspecified atom stereocenters. The van der Waals surface area contributed by atoms with Crippen LogP contribution in [0.5, 0.6) is 0 Å². The van der Waals surface area contributed by atoms with E-state index in [-0.39, 0.29) is 11.7 Å². The first kappa shape index (κ1) is 17.1. The smallest absolute Gasteiger partial charge is 0.223 e. The minimum atomic E-state index is -0.546. The standard InChI is InChI=1S/C16H20F2N6O/c1-10-21-14(23-25-10)8-20-16(19-2)22-11-6-7-24(9-11)15-12(17)4-3-5-13(15)18/h3-5,11H,6-9H2,1-2H3,(H2,19,20,22). The quantitative estimate of drug-likeness (QED) is 0.644. The molecule has 1 fully saturated rings. The Hall–Kier alpha value is -2.71. The van der Waals surface area contributed by atoms with Crippen molar-refractivity contribution in [2.24, 2.45) is 4.99 Å². The van der Waals surface area contributed by atoms with Gasteiger partial charge in [0.25, 0.3) is 0 Å². The molecule has 2 N–H and O–H groups in total. The van der Waals surface area contributed by atoms with Gasteiger partial charge in [0.15, 0.2) is 11.8 Å². The Labute approximate surface area is 144 Å². The lowest BCUT2D eigenvalue weighted by atomic mass is 10.2. The largest absolute Gasteiger partial charge is 0.365 e. The van der Waals surface area contributed by atoms with Gasteiger partial charge in [0.2, 0.25) is 5.89 Å². The van der Waals surface area contributed by atoms with Crippen LogP contribution in [0.3, 0.4) is 0 Å². The number of aliphatic imine (C=N–C) groups is 1. The van der Waals surface area contributed by atoms with E-state index in [4.69, 9.17) is 4.52 Å². The molecular weight excluding hydrogens is 330 g/mol. The molecular formula is C16H20F2N6O. The van der Waals surface area contributed by atoms with Crippen LogP contribution in [0, 0.1) is 18.6 Å². The number of aromatic nitrogens is 2. The van der Waals surface area contributed by atoms with Crippen molar-refractivity contribution in [3.05, 3.63) is 41.5 Å². The van der Waals surface area contributed by atoms with Gasteiger partial charge in [-0.05, 0) is 18.6 Å². The van der Waals surface area contributed by atoms with Crippen LogP contribution in [0.4, 0.5) is 14.5 Å². The number of hydrogen-bond acceptors (Lipinski definition) is 5. The van der Waals surface area contributed by atoms with Gasteiger partial charge in [0.1, 0.15) is 17.3 Å². The van der Waals surface area contributed by atoms with Crippen molar-refractivity contribution in [1.82, 2.24) is 20.8 Å². The second-order valence-electron chi connectivity index (χ2n) is 5.80. The van der Waals surface area contributed by atoms with Crippen molar-refractivity contribution < 1.29 is 13.3 Å². The molecule has 0 amide bonds. The number of anilines is 1. The van der Waals surface area contributed by atoms with Gasteiger partial charge in [0, 0.05) is 33.1 Å². The second-order valence-corrected chi connectivity index (χ2v) is 5.80. The summed E-state index contributed by atoms with van der Waals surface area (Å²) in [5, 5.41) is 10.1. The van der Waals surface area contributed by atoms with E-state index in [0.717, 1.165) is 6.42 Å². The molecule has 2 heterocycles. The first-order valence-electron chi connectivity index (χ1n) is 8.02. The maximum absolute atomic E-state index is 13.9. The number of para-hydroxylation sites is 1. The number of aryl methyl sites for hydroxylation is 1. The van der Waals surface area contributed by atoms with Gasteiger partial charge in [-0.25, -0.2) is 8.78 Å². The molecule has 0 spiro atoms. The van der Waals surface area contributed by atoms with Crippen molar-refractivity contribution in [3.8, 4) is 0 Å². The highest BCUT2D eigenvalue weighted by Gasteiger charge is 2.27. The highest BCUT2D eigenvalue weighted by atomic mass is 19.1. The van der Waals surface area contributed by atoms with E-state index in [0.29, 0.717) is 37.3 Å². The first-order chi connectivity index (χ1) is 12.1. The van der Waals surface area contributed by atoms with Crippen molar-refractivity contribution >= 4 is 11.6 Å². The molecule has 1 atom stereocenters. The zero-order valence-corrected chi connectivity index (χ0v) is 14.1. The summed E-state index contributed by atoms with van der Waals surface area (Å²) in [6, 6.07) is 3.93. The van der Waals surface area contributed by atoms with E-state index in [2.05, 4.69) is 25.8 Å². The zero-order valence-electron chi connectivity index (χ0n) is 14.1. The molecule has 25 heavy (non-hydrogen) atoms. The molecule has 1 aromatic heterocycles. The van der Waals surface area contributed by atoms with Gasteiger partial charge in [-0.15, -0.1) is 0 Å². The number of halogens is 2. The van der Waals surface area contributed by atoms with Gasteiger partial charge in [-0.2, -0.15) is 4.98 Å². The number of guanidine groups is 1. The zero-order chi connectivity index (χ0) is 17.8. The third-order valence-electron chi connectivity index (χ3n) is 3.99. The molecule has 134 valence electrons. The van der Waals surface area contributed by atoms with Crippen LogP contribution in [0.2, 0.25) is 0 Å². The maximum atomic E-state index is 13.9. The summed E-state index contributed by atoms with van der Waals surface area (Å²) in [6.07, 6.45) is 0.746. The summed E-state index contributed by atoms with van der Waals surface area (Å²) in [7, 11) is 1.65. The second kappa shape index (κ2) is 7.45. The number of nitrogens with one attached hydrogen (secondary N) is 2. The fraction of sp³-hybridized carbons (Fsp3) is 0.438. The lowest BCUT2D eigenvalue weighted by Crippen LogP contribution is -2.44. The molecule has 0 radical (unpaired) electrons. The summed E-state index contributed by atoms with van der Waals surface area (Å²) in [5.41, 5.74) is 0.0250. The molecule has 1 aliphatic heterocycles. The molecule has 3 rings (SSSR count). The molecule has 0 saturated carbocycles. The van der Waals surface area contributed by atoms with Gasteiger partial charge >= 0.3 is 0 Å². The predicted molar refractivity (Wildman–Crippen MR) is 89.3 cm³/mol. The minimum absolute atomic E-state index is 0.0250. The molecule has 9 heteroatoms. The molecule has 0 bridgehead atoms. The molecule has 1 saturated heterocycles. The third-order valence-corrected chi connectivity index (χ3v) is 3.99. The fourth-order valence-corrected chi connectivity index (χ4v) is 2.84. The van der Waals surface area contributed by atoms with Crippen molar-refractivity contribution in [1.29, 1.82) is 0 Å². The Balaban J connectivity index is 1.56. The minimum Gasteiger partial charge on any atom is -0.365 e. The van der Waals surface area contributed by atoms with Crippen LogP contribution in [-0.2, 0) is 6.54 Å². The summed E-state index contributed by atoms with van der Waals surface area (Å²) in [6.45, 7) is 3.14. The Morgan fingerprint density at radius 3 is 2.80 bits per heavy atom. The Kier molecular flexibility index (Phi) is 5.11. The topological polar surface area (TPSA) is 78.6 Å². The monoisotopic (exact) mass is 350 g/mol. The molecule has 1 aliphatic rings. The van der Waals surface area contributed by atoms with Gasteiger partial charge < -0.3 is 20.1 Å². The van der Waals surface area contributed by atoms with Crippen LogP contribution in [0.25, 0.3) is 0 Å². The van der Waals surface area contributed by atoms with E-state index >= 15 is 0 Å². The Morgan fingerprint density at radius 1 is 1.40 bits per heavy atom. The molecule has 0 aliphatic carbocycles. The van der Waals surface area contributed by atoms with E-state index < -0.39 is 11.6 Å². The van der Waals surface area contributed by atoms with E-state index in [1.165, 1.54) is 18.2 Å². The molecule has 7 nitrogen and oxygen atoms in total. The van der Waals surface area contributed by atoms with Gasteiger partial charge in [-0.3, -0.25) is 4.99 Å². The summed E-state index contributed by atoms with van der Waals surface area (Å²) >= 11 is 0. The van der Waals surface area contributed by atoms with Crippen LogP contribution < -0.4 is 15.5 Å². The molecule has 2 aromatic rings. The van der Waals surface area contributed by atoms with Gasteiger partial charge in [0.05, 0.1) is 6.54 Å². The van der Waals surface area contributed by atoms with Crippen molar-refractivity contribution in [3.63, 3.8) is 0 Å². The van der Waals surface area contributed by atoms with Crippen LogP contribution in [-0.4, -0.2) is 42.3 Å². The summed E-state index contributed by atoms with van der Waals surface area (Å²) in [5.74, 6) is 0.509. The van der Waals surface area contributed by atoms with Crippen LogP contribution in [0.1, 0.15) is 18.1 Å². The summed E-state index contributed by atoms with van der Waals surface area (Å²) in [4.78, 5) is 9.96. The van der Waals surface area contributed by atoms with E-state index in [1.54, 1.807) is 18.9 Å². The number of nitrogens with zero attached hydrogens (tertiary/aromatic N) is 4. The first-order valence-corrected chi connectivity index (χ1v) is 8.02. The van der Waals surface area contributed by atoms with Crippen molar-refractivity contribution in [2.45, 2.75) is 25.9 Å². The number of benzene rings is 1. The average Bonchev–Trinajstić information content (AvgIpc) is 3.20. The maximum Gasteiger partial charge on any atom is 0.223 e. The normalized spacial score (nSPS) is 17.8. The van der Waals surface area contributed by atoms with Crippen molar-refractivity contribution in [2.75, 3.05) is 25.0 Å². The highest BCUT2D eigenvalue weighted by molar-refractivity contribution is 5.80. The van der Waals surface area contributed by atoms with Gasteiger partial charge in [-0.1, -0.05) is 11.2 Å². The average molecular weight is 350 g/mol. The predicted octanol–water partition coefficient (Wildman–Crippen LogP) is 1.60. The molecule has 1 aromatic carbocycles. The van der Waals surface area contributed by atoms with E-state index in [9.17, 15) is 8.78 Å². The SMILES string of the molecule is CN=C(NCc1noc(C)n1)NC1CCN(c2c(F)cccc2F)C1.